The van der Waals surface area contributed by atoms with Crippen LogP contribution >= 0.6 is 23.2 Å². The smallest absolute Gasteiger partial charge is 1.00 e. The molecule has 2 saturated carbocycles. The van der Waals surface area contributed by atoms with Crippen molar-refractivity contribution in [2.45, 2.75) is 55.9 Å². The minimum atomic E-state index is -2.57. The monoisotopic (exact) mass is 826 g/mol. The maximum atomic E-state index is 11.9. The van der Waals surface area contributed by atoms with Crippen molar-refractivity contribution < 1.29 is 46.8 Å². The van der Waals surface area contributed by atoms with Crippen molar-refractivity contribution in [3.05, 3.63) is 136 Å². The van der Waals surface area contributed by atoms with Crippen molar-refractivity contribution in [2.75, 3.05) is 7.11 Å². The molecule has 1 unspecified atom stereocenters. The number of halogens is 3. The molecule has 49 heavy (non-hydrogen) atoms. The van der Waals surface area contributed by atoms with Gasteiger partial charge < -0.3 is 41.2 Å². The first kappa shape index (κ1) is 31.0. The number of ether oxygens (including phenoxy) is 1. The molecule has 0 radical (unpaired) electrons. The largest absolute Gasteiger partial charge is 2.00 e. The summed E-state index contributed by atoms with van der Waals surface area (Å²) in [7, 11) is 0.527. The van der Waals surface area contributed by atoms with Crippen LogP contribution < -0.4 is 24.0 Å². The first-order valence-corrected chi connectivity index (χ1v) is 15.6. The zero-order valence-corrected chi connectivity index (χ0v) is 31.8. The zero-order chi connectivity index (χ0) is 38.3. The number of esters is 1. The third-order valence-corrected chi connectivity index (χ3v) is 9.45. The Morgan fingerprint density at radius 1 is 0.857 bits per heavy atom. The molecular weight excluding hydrogens is 787 g/mol. The van der Waals surface area contributed by atoms with Gasteiger partial charge in [-0.2, -0.15) is 0 Å². The summed E-state index contributed by atoms with van der Waals surface area (Å²) in [5, 5.41) is 29.2. The molecule has 9 nitrogen and oxygen atoms in total. The molecule has 6 aromatic rings. The van der Waals surface area contributed by atoms with Crippen molar-refractivity contribution in [1.82, 2.24) is 29.2 Å². The summed E-state index contributed by atoms with van der Waals surface area (Å²) in [4.78, 5) is 11.9. The molecule has 250 valence electrons. The minimum absolute atomic E-state index is 0. The maximum Gasteiger partial charge on any atom is 2.00 e. The molecule has 13 heteroatoms. The Balaban J connectivity index is 0.000000217. The number of carbonyl (C=O) groups excluding carboxylic acids is 1. The minimum Gasteiger partial charge on any atom is -1.00 e. The molecule has 2 aliphatic rings. The Hall–Kier alpha value is -2.81. The zero-order valence-electron chi connectivity index (χ0n) is 32.7. The normalized spacial score (nSPS) is 18.1. The Bertz CT molecular complexity index is 2260. The number of pyridine rings is 2. The Morgan fingerprint density at radius 3 is 1.76 bits per heavy atom. The second-order valence-corrected chi connectivity index (χ2v) is 12.9. The SMILES string of the molecule is COC(=O)c1cccn2c(C3(c4ccc(Cl)cc4)CC3)nnc12.[2H]C([2H])([2H])C(C)(O)c1cccn2c(C3(c4ccc(Cl)cc4)CC3)nnc12.[2H][C-]([2H])[2H].[I-].[Mg+2]. The topological polar surface area (TPSA) is 107 Å². The average Bonchev–Trinajstić information content (AvgIpc) is 4.01. The van der Waals surface area contributed by atoms with Crippen LogP contribution in [0, 0.1) is 7.35 Å². The third kappa shape index (κ3) is 7.07. The Kier molecular flexibility index (Phi) is 9.36. The first-order valence-electron chi connectivity index (χ1n) is 17.8. The van der Waals surface area contributed by atoms with Crippen LogP contribution in [0.3, 0.4) is 0 Å². The van der Waals surface area contributed by atoms with Gasteiger partial charge in [0.1, 0.15) is 17.2 Å². The van der Waals surface area contributed by atoms with E-state index in [9.17, 15) is 9.90 Å². The van der Waals surface area contributed by atoms with Gasteiger partial charge in [-0.15, -0.1) is 20.4 Å². The molecule has 0 saturated heterocycles. The Labute approximate surface area is 337 Å². The predicted octanol–water partition coefficient (Wildman–Crippen LogP) is 4.01. The van der Waals surface area contributed by atoms with Crippen LogP contribution in [0.15, 0.2) is 85.2 Å². The van der Waals surface area contributed by atoms with Gasteiger partial charge in [-0.25, -0.2) is 8.91 Å². The van der Waals surface area contributed by atoms with E-state index < -0.39 is 25.8 Å². The summed E-state index contributed by atoms with van der Waals surface area (Å²) < 4.78 is 49.0. The standard InChI is InChI=1S/C18H18ClN3O.C17H14ClN3O2.CH3.HI.Mg/c1-17(2,23)14-4-3-11-22-15(14)20-21-16(22)18(9-10-18)12-5-7-13(19)8-6-12;1-23-15(22)13-3-2-10-21-14(13)19-20-16(21)17(8-9-17)11-4-6-12(18)7-5-11;;;/h3-8,11,23H,9-10H2,1-2H3;2-7,10H,8-9H2,1H3;1H3;1H;/q;;-1;;+2/p-1/i1D3;;1D3;;. The fraction of sp³-hybridized carbons (Fsp3) is 0.278. The third-order valence-electron chi connectivity index (χ3n) is 8.95. The van der Waals surface area contributed by atoms with Crippen LogP contribution in [0.2, 0.25) is 10.0 Å². The fourth-order valence-electron chi connectivity index (χ4n) is 6.20. The van der Waals surface area contributed by atoms with E-state index in [0.29, 0.717) is 26.9 Å². The second-order valence-electron chi connectivity index (χ2n) is 12.0. The summed E-state index contributed by atoms with van der Waals surface area (Å²) in [6.07, 6.45) is 7.53. The molecule has 4 heterocycles. The van der Waals surface area contributed by atoms with Gasteiger partial charge in [0.25, 0.3) is 0 Å². The quantitative estimate of drug-likeness (QED) is 0.117. The van der Waals surface area contributed by atoms with Gasteiger partial charge in [0, 0.05) is 32.1 Å². The van der Waals surface area contributed by atoms with Crippen molar-refractivity contribution in [3.63, 3.8) is 0 Å². The van der Waals surface area contributed by atoms with E-state index in [2.05, 4.69) is 20.4 Å². The number of rotatable bonds is 6. The van der Waals surface area contributed by atoms with Gasteiger partial charge in [0.05, 0.1) is 23.5 Å². The molecule has 2 aliphatic carbocycles. The van der Waals surface area contributed by atoms with E-state index in [0.717, 1.165) is 42.9 Å². The number of hydrogen-bond acceptors (Lipinski definition) is 7. The van der Waals surface area contributed by atoms with Crippen molar-refractivity contribution >= 4 is 63.5 Å². The summed E-state index contributed by atoms with van der Waals surface area (Å²) in [5.41, 5.74) is 1.39. The number of nitrogens with zero attached hydrogens (tertiary/aromatic N) is 6. The number of benzene rings is 2. The maximum absolute atomic E-state index is 11.9. The van der Waals surface area contributed by atoms with Gasteiger partial charge in [-0.1, -0.05) is 53.5 Å². The van der Waals surface area contributed by atoms with E-state index >= 15 is 0 Å². The predicted molar refractivity (Wildman–Crippen MR) is 188 cm³/mol. The molecule has 0 spiro atoms. The van der Waals surface area contributed by atoms with Gasteiger partial charge in [0.2, 0.25) is 0 Å². The molecule has 2 aromatic carbocycles. The van der Waals surface area contributed by atoms with Gasteiger partial charge >= 0.3 is 29.0 Å². The summed E-state index contributed by atoms with van der Waals surface area (Å²) >= 11 is 12.0. The van der Waals surface area contributed by atoms with Gasteiger partial charge in [-0.05, 0) is 93.1 Å². The van der Waals surface area contributed by atoms with E-state index in [4.69, 9.17) is 36.2 Å². The number of hydrogen-bond donors (Lipinski definition) is 1. The van der Waals surface area contributed by atoms with Crippen molar-refractivity contribution in [1.29, 1.82) is 0 Å². The number of aromatic nitrogens is 6. The second kappa shape index (κ2) is 14.8. The molecule has 4 aromatic heterocycles. The van der Waals surface area contributed by atoms with E-state index in [-0.39, 0.29) is 63.4 Å². The van der Waals surface area contributed by atoms with Crippen LogP contribution in [0.4, 0.5) is 0 Å². The molecule has 8 rings (SSSR count). The molecule has 0 bridgehead atoms. The van der Waals surface area contributed by atoms with E-state index in [1.54, 1.807) is 28.8 Å². The van der Waals surface area contributed by atoms with E-state index in [1.807, 2.05) is 65.2 Å². The van der Waals surface area contributed by atoms with Crippen LogP contribution in [-0.4, -0.2) is 70.4 Å². The van der Waals surface area contributed by atoms with Gasteiger partial charge in [-0.3, -0.25) is 8.80 Å². The molecular formula is C36H35Cl2IMgN6O3. The number of aliphatic hydroxyl groups is 1. The molecule has 0 amide bonds. The molecule has 1 atom stereocenters. The first-order chi connectivity index (χ1) is 25.1. The average molecular weight is 828 g/mol. The van der Waals surface area contributed by atoms with Crippen LogP contribution in [-0.2, 0) is 21.2 Å². The number of methoxy groups -OCH3 is 1. The molecule has 0 aliphatic heterocycles. The summed E-state index contributed by atoms with van der Waals surface area (Å²) in [5.74, 6) is 1.18. The Morgan fingerprint density at radius 2 is 1.31 bits per heavy atom. The number of fused-ring (bicyclic) bond motifs is 2. The summed E-state index contributed by atoms with van der Waals surface area (Å²) in [6.45, 7) is -1.29. The molecule has 1 N–H and O–H groups in total. The fourth-order valence-corrected chi connectivity index (χ4v) is 6.46. The van der Waals surface area contributed by atoms with Crippen molar-refractivity contribution in [3.8, 4) is 0 Å². The van der Waals surface area contributed by atoms with Crippen LogP contribution in [0.5, 0.6) is 0 Å². The van der Waals surface area contributed by atoms with Crippen LogP contribution in [0.25, 0.3) is 11.3 Å². The summed E-state index contributed by atoms with van der Waals surface area (Å²) in [6, 6.07) is 22.3. The van der Waals surface area contributed by atoms with Crippen LogP contribution in [0.1, 0.15) is 86.4 Å². The van der Waals surface area contributed by atoms with E-state index in [1.165, 1.54) is 19.6 Å². The number of carbonyl (C=O) groups is 1. The van der Waals surface area contributed by atoms with Gasteiger partial charge in [0.15, 0.2) is 11.3 Å². The molecule has 2 fully saturated rings. The van der Waals surface area contributed by atoms with Crippen molar-refractivity contribution in [2.24, 2.45) is 0 Å².